The number of hydrogen-bond acceptors (Lipinski definition) is 2. The second kappa shape index (κ2) is 10.0. The van der Waals surface area contributed by atoms with Gasteiger partial charge in [-0.25, -0.2) is 0 Å². The lowest BCUT2D eigenvalue weighted by Crippen LogP contribution is -1.99. The van der Waals surface area contributed by atoms with Crippen molar-refractivity contribution in [2.75, 3.05) is 6.79 Å². The van der Waals surface area contributed by atoms with E-state index in [0.717, 1.165) is 24.3 Å². The first-order valence-corrected chi connectivity index (χ1v) is 9.85. The van der Waals surface area contributed by atoms with Crippen LogP contribution in [0.2, 0.25) is 0 Å². The van der Waals surface area contributed by atoms with Gasteiger partial charge < -0.3 is 9.47 Å². The lowest BCUT2D eigenvalue weighted by molar-refractivity contribution is 0.174. The molecule has 2 heteroatoms. The fraction of sp³-hybridized carbons (Fsp3) is 0.360. The molecule has 1 aliphatic heterocycles. The molecule has 0 bridgehead atoms. The monoisotopic (exact) mass is 364 g/mol. The highest BCUT2D eigenvalue weighted by Crippen LogP contribution is 2.41. The van der Waals surface area contributed by atoms with E-state index in [1.54, 1.807) is 0 Å². The average Bonchev–Trinajstić information content (AvgIpc) is 3.11. The van der Waals surface area contributed by atoms with Crippen LogP contribution in [0.5, 0.6) is 11.5 Å². The molecule has 0 aliphatic carbocycles. The van der Waals surface area contributed by atoms with Crippen LogP contribution in [-0.2, 0) is 0 Å². The van der Waals surface area contributed by atoms with Crippen LogP contribution in [0.3, 0.4) is 0 Å². The summed E-state index contributed by atoms with van der Waals surface area (Å²) in [4.78, 5) is 0. The van der Waals surface area contributed by atoms with E-state index in [0.29, 0.717) is 6.79 Å². The molecule has 0 aromatic heterocycles. The van der Waals surface area contributed by atoms with E-state index in [1.807, 2.05) is 6.92 Å². The molecule has 0 unspecified atom stereocenters. The molecule has 27 heavy (non-hydrogen) atoms. The van der Waals surface area contributed by atoms with E-state index in [4.69, 9.17) is 9.47 Å². The largest absolute Gasteiger partial charge is 0.454 e. The van der Waals surface area contributed by atoms with Gasteiger partial charge in [0.05, 0.1) is 0 Å². The lowest BCUT2D eigenvalue weighted by Gasteiger charge is -2.19. The molecule has 144 valence electrons. The van der Waals surface area contributed by atoms with E-state index in [1.165, 1.54) is 33.4 Å². The summed E-state index contributed by atoms with van der Waals surface area (Å²) in [6, 6.07) is 4.21. The first kappa shape index (κ1) is 20.8. The number of hydrogen-bond donors (Lipinski definition) is 0. The van der Waals surface area contributed by atoms with Gasteiger partial charge in [-0.1, -0.05) is 50.3 Å². The van der Waals surface area contributed by atoms with Crippen molar-refractivity contribution >= 4 is 5.57 Å². The van der Waals surface area contributed by atoms with Crippen molar-refractivity contribution in [2.45, 2.75) is 54.4 Å². The van der Waals surface area contributed by atoms with Gasteiger partial charge in [-0.2, -0.15) is 0 Å². The Labute approximate surface area is 164 Å². The zero-order chi connectivity index (χ0) is 19.8. The van der Waals surface area contributed by atoms with Gasteiger partial charge >= 0.3 is 0 Å². The van der Waals surface area contributed by atoms with Gasteiger partial charge in [0, 0.05) is 0 Å². The molecule has 0 spiro atoms. The summed E-state index contributed by atoms with van der Waals surface area (Å²) >= 11 is 0. The average molecular weight is 365 g/mol. The topological polar surface area (TPSA) is 18.5 Å². The zero-order valence-electron chi connectivity index (χ0n) is 17.6. The van der Waals surface area contributed by atoms with Crippen molar-refractivity contribution in [1.82, 2.24) is 0 Å². The summed E-state index contributed by atoms with van der Waals surface area (Å²) in [5.74, 6) is 1.66. The van der Waals surface area contributed by atoms with Gasteiger partial charge in [-0.05, 0) is 86.1 Å². The minimum Gasteiger partial charge on any atom is -0.454 e. The molecule has 0 amide bonds. The van der Waals surface area contributed by atoms with E-state index >= 15 is 0 Å². The highest BCUT2D eigenvalue weighted by atomic mass is 16.7. The summed E-state index contributed by atoms with van der Waals surface area (Å²) in [6.07, 6.45) is 15.2. The fourth-order valence-corrected chi connectivity index (χ4v) is 3.38. The molecule has 0 radical (unpaired) electrons. The van der Waals surface area contributed by atoms with Crippen LogP contribution in [0.1, 0.15) is 58.6 Å². The number of aryl methyl sites for hydroxylation is 1. The van der Waals surface area contributed by atoms with Crippen molar-refractivity contribution in [3.05, 3.63) is 76.4 Å². The maximum Gasteiger partial charge on any atom is 0.231 e. The van der Waals surface area contributed by atoms with Crippen LogP contribution in [0.25, 0.3) is 5.57 Å². The molecule has 1 heterocycles. The third kappa shape index (κ3) is 4.82. The number of allylic oxidation sites excluding steroid dienone is 10. The Morgan fingerprint density at radius 1 is 1.00 bits per heavy atom. The molecular weight excluding hydrogens is 332 g/mol. The van der Waals surface area contributed by atoms with E-state index in [9.17, 15) is 0 Å². The second-order valence-electron chi connectivity index (χ2n) is 6.65. The molecule has 0 fully saturated rings. The number of benzene rings is 1. The predicted octanol–water partition coefficient (Wildman–Crippen LogP) is 7.32. The van der Waals surface area contributed by atoms with Crippen molar-refractivity contribution < 1.29 is 9.47 Å². The summed E-state index contributed by atoms with van der Waals surface area (Å²) < 4.78 is 11.2. The maximum absolute atomic E-state index is 5.64. The van der Waals surface area contributed by atoms with Crippen LogP contribution in [0.15, 0.2) is 65.3 Å². The van der Waals surface area contributed by atoms with Crippen molar-refractivity contribution in [3.63, 3.8) is 0 Å². The fourth-order valence-electron chi connectivity index (χ4n) is 3.38. The number of ether oxygens (including phenoxy) is 2. The van der Waals surface area contributed by atoms with Crippen molar-refractivity contribution in [1.29, 1.82) is 0 Å². The molecule has 0 atom stereocenters. The smallest absolute Gasteiger partial charge is 0.231 e. The summed E-state index contributed by atoms with van der Waals surface area (Å²) in [5.41, 5.74) is 7.47. The Kier molecular flexibility index (Phi) is 7.72. The Morgan fingerprint density at radius 2 is 1.67 bits per heavy atom. The first-order chi connectivity index (χ1) is 13.1. The highest BCUT2D eigenvalue weighted by molar-refractivity contribution is 5.87. The van der Waals surface area contributed by atoms with Crippen LogP contribution in [0.4, 0.5) is 0 Å². The quantitative estimate of drug-likeness (QED) is 0.472. The molecule has 2 rings (SSSR count). The van der Waals surface area contributed by atoms with Gasteiger partial charge in [0.25, 0.3) is 0 Å². The summed E-state index contributed by atoms with van der Waals surface area (Å²) in [7, 11) is 0. The lowest BCUT2D eigenvalue weighted by atomic mass is 9.85. The van der Waals surface area contributed by atoms with E-state index < -0.39 is 0 Å². The van der Waals surface area contributed by atoms with Gasteiger partial charge in [0.2, 0.25) is 6.79 Å². The minimum atomic E-state index is 0.299. The molecule has 0 saturated heterocycles. The van der Waals surface area contributed by atoms with Gasteiger partial charge in [0.15, 0.2) is 11.5 Å². The zero-order valence-corrected chi connectivity index (χ0v) is 17.6. The Bertz CT molecular complexity index is 817. The molecular formula is C25H32O2. The summed E-state index contributed by atoms with van der Waals surface area (Å²) in [5, 5.41) is 0. The molecule has 0 N–H and O–H groups in total. The SMILES string of the molecule is C/C=C\C=C(/C)C(=CCC)/C(=C/C)C(=CCC)c1cc2c(cc1C)OCO2. The normalized spacial score (nSPS) is 15.8. The van der Waals surface area contributed by atoms with Crippen LogP contribution < -0.4 is 9.47 Å². The standard InChI is InChI=1S/C25H32O2/c1-7-11-14-18(5)21(12-8-2)20(10-4)22(13-9-3)23-16-25-24(15-19(23)6)26-17-27-25/h7,10-16H,8-9,17H2,1-6H3/b11-7-,18-14+,20-10-,21-12?,22-13?. The molecule has 1 aromatic carbocycles. The Hall–Kier alpha value is -2.48. The van der Waals surface area contributed by atoms with Crippen molar-refractivity contribution in [3.8, 4) is 11.5 Å². The Morgan fingerprint density at radius 3 is 2.26 bits per heavy atom. The first-order valence-electron chi connectivity index (χ1n) is 9.85. The highest BCUT2D eigenvalue weighted by Gasteiger charge is 2.20. The molecule has 0 saturated carbocycles. The third-order valence-corrected chi connectivity index (χ3v) is 4.66. The number of fused-ring (bicyclic) bond motifs is 1. The van der Waals surface area contributed by atoms with E-state index in [-0.39, 0.29) is 0 Å². The maximum atomic E-state index is 5.64. The number of rotatable bonds is 7. The Balaban J connectivity index is 2.60. The van der Waals surface area contributed by atoms with Gasteiger partial charge in [-0.3, -0.25) is 0 Å². The van der Waals surface area contributed by atoms with Crippen LogP contribution in [-0.4, -0.2) is 6.79 Å². The molecule has 1 aromatic rings. The van der Waals surface area contributed by atoms with E-state index in [2.05, 4.69) is 83.2 Å². The second-order valence-corrected chi connectivity index (χ2v) is 6.65. The van der Waals surface area contributed by atoms with Crippen LogP contribution >= 0.6 is 0 Å². The minimum absolute atomic E-state index is 0.299. The van der Waals surface area contributed by atoms with Crippen LogP contribution in [0, 0.1) is 6.92 Å². The summed E-state index contributed by atoms with van der Waals surface area (Å²) in [6.45, 7) is 13.1. The predicted molar refractivity (Wildman–Crippen MR) is 116 cm³/mol. The van der Waals surface area contributed by atoms with Gasteiger partial charge in [-0.15, -0.1) is 0 Å². The molecule has 1 aliphatic rings. The van der Waals surface area contributed by atoms with Gasteiger partial charge in [0.1, 0.15) is 0 Å². The third-order valence-electron chi connectivity index (χ3n) is 4.66. The molecule has 2 nitrogen and oxygen atoms in total. The van der Waals surface area contributed by atoms with Crippen molar-refractivity contribution in [2.24, 2.45) is 0 Å².